The van der Waals surface area contributed by atoms with Gasteiger partial charge in [0.15, 0.2) is 0 Å². The van der Waals surface area contributed by atoms with Crippen LogP contribution in [0, 0.1) is 11.8 Å². The van der Waals surface area contributed by atoms with Crippen LogP contribution in [0.15, 0.2) is 0 Å². The van der Waals surface area contributed by atoms with E-state index < -0.39 is 5.97 Å². The van der Waals surface area contributed by atoms with Crippen LogP contribution in [0.5, 0.6) is 0 Å². The van der Waals surface area contributed by atoms with E-state index in [1.807, 2.05) is 0 Å². The van der Waals surface area contributed by atoms with E-state index in [9.17, 15) is 4.79 Å². The molecule has 4 nitrogen and oxygen atoms in total. The van der Waals surface area contributed by atoms with Crippen molar-refractivity contribution in [2.45, 2.75) is 33.1 Å². The van der Waals surface area contributed by atoms with Gasteiger partial charge in [0.05, 0.1) is 5.92 Å². The highest BCUT2D eigenvalue weighted by atomic mass is 16.4. The second-order valence-corrected chi connectivity index (χ2v) is 4.06. The normalized spacial score (nSPS) is 14.9. The maximum atomic E-state index is 10.5. The van der Waals surface area contributed by atoms with Crippen LogP contribution >= 0.6 is 0 Å². The predicted molar refractivity (Wildman–Crippen MR) is 59.8 cm³/mol. The number of carbonyl (C=O) groups is 1. The molecule has 0 heterocycles. The molecule has 4 heteroatoms. The van der Waals surface area contributed by atoms with Crippen LogP contribution in [0.2, 0.25) is 0 Å². The van der Waals surface area contributed by atoms with Gasteiger partial charge >= 0.3 is 5.97 Å². The third-order valence-electron chi connectivity index (χ3n) is 2.54. The quantitative estimate of drug-likeness (QED) is 0.541. The van der Waals surface area contributed by atoms with E-state index in [0.29, 0.717) is 12.5 Å². The van der Waals surface area contributed by atoms with E-state index in [1.54, 1.807) is 6.92 Å². The zero-order chi connectivity index (χ0) is 11.7. The third-order valence-corrected chi connectivity index (χ3v) is 2.54. The highest BCUT2D eigenvalue weighted by Gasteiger charge is 2.11. The molecule has 0 aliphatic carbocycles. The summed E-state index contributed by atoms with van der Waals surface area (Å²) in [4.78, 5) is 10.5. The summed E-state index contributed by atoms with van der Waals surface area (Å²) in [6.45, 7) is 5.31. The van der Waals surface area contributed by atoms with Gasteiger partial charge < -0.3 is 15.5 Å². The van der Waals surface area contributed by atoms with Crippen molar-refractivity contribution < 1.29 is 15.0 Å². The first-order valence-electron chi connectivity index (χ1n) is 5.66. The van der Waals surface area contributed by atoms with Gasteiger partial charge in [0.25, 0.3) is 0 Å². The summed E-state index contributed by atoms with van der Waals surface area (Å²) in [5.41, 5.74) is 0. The molecule has 0 bridgehead atoms. The highest BCUT2D eigenvalue weighted by molar-refractivity contribution is 5.69. The average molecular weight is 217 g/mol. The fraction of sp³-hybridized carbons (Fsp3) is 0.909. The largest absolute Gasteiger partial charge is 0.481 e. The number of aliphatic hydroxyl groups is 1. The number of carboxylic acids is 1. The lowest BCUT2D eigenvalue weighted by Crippen LogP contribution is -2.30. The number of aliphatic hydroxyl groups excluding tert-OH is 1. The Morgan fingerprint density at radius 1 is 1.33 bits per heavy atom. The van der Waals surface area contributed by atoms with Crippen LogP contribution in [0.4, 0.5) is 0 Å². The van der Waals surface area contributed by atoms with Crippen molar-refractivity contribution >= 4 is 5.97 Å². The number of hydrogen-bond donors (Lipinski definition) is 3. The van der Waals surface area contributed by atoms with E-state index in [1.165, 1.54) is 0 Å². The number of hydrogen-bond acceptors (Lipinski definition) is 3. The third kappa shape index (κ3) is 7.33. The van der Waals surface area contributed by atoms with Gasteiger partial charge in [0, 0.05) is 13.2 Å². The second kappa shape index (κ2) is 8.68. The lowest BCUT2D eigenvalue weighted by Gasteiger charge is -2.16. The fourth-order valence-electron chi connectivity index (χ4n) is 1.53. The minimum absolute atomic E-state index is 0.209. The molecule has 90 valence electrons. The molecule has 0 fully saturated rings. The summed E-state index contributed by atoms with van der Waals surface area (Å²) in [5, 5.41) is 20.7. The summed E-state index contributed by atoms with van der Waals surface area (Å²) in [5.74, 6) is -0.654. The van der Waals surface area contributed by atoms with Crippen LogP contribution in [0.3, 0.4) is 0 Å². The minimum Gasteiger partial charge on any atom is -0.481 e. The zero-order valence-electron chi connectivity index (χ0n) is 9.70. The van der Waals surface area contributed by atoms with E-state index >= 15 is 0 Å². The van der Waals surface area contributed by atoms with Gasteiger partial charge in [-0.15, -0.1) is 0 Å². The number of carboxylic acid groups (broad SMARTS) is 1. The standard InChI is InChI=1S/C11H23NO3/c1-3-4-10(5-6-13)8-12-7-9(2)11(14)15/h9-10,12-13H,3-8H2,1-2H3,(H,14,15). The first-order valence-corrected chi connectivity index (χ1v) is 5.66. The Labute approximate surface area is 91.7 Å². The first-order chi connectivity index (χ1) is 7.11. The molecule has 0 saturated heterocycles. The Bertz CT molecular complexity index is 167. The SMILES string of the molecule is CCCC(CCO)CNCC(C)C(=O)O. The van der Waals surface area contributed by atoms with Crippen molar-refractivity contribution in [1.29, 1.82) is 0 Å². The Morgan fingerprint density at radius 2 is 2.00 bits per heavy atom. The predicted octanol–water partition coefficient (Wildman–Crippen LogP) is 1.10. The molecule has 15 heavy (non-hydrogen) atoms. The van der Waals surface area contributed by atoms with E-state index in [2.05, 4.69) is 12.2 Å². The van der Waals surface area contributed by atoms with Gasteiger partial charge in [-0.05, 0) is 25.3 Å². The zero-order valence-corrected chi connectivity index (χ0v) is 9.70. The molecule has 0 aromatic carbocycles. The summed E-state index contributed by atoms with van der Waals surface area (Å²) < 4.78 is 0. The molecule has 0 saturated carbocycles. The van der Waals surface area contributed by atoms with Crippen molar-refractivity contribution in [2.75, 3.05) is 19.7 Å². The molecule has 2 unspecified atom stereocenters. The molecule has 0 amide bonds. The molecule has 0 spiro atoms. The summed E-state index contributed by atoms with van der Waals surface area (Å²) >= 11 is 0. The Morgan fingerprint density at radius 3 is 2.47 bits per heavy atom. The fourth-order valence-corrected chi connectivity index (χ4v) is 1.53. The molecule has 0 radical (unpaired) electrons. The van der Waals surface area contributed by atoms with Crippen LogP contribution in [-0.2, 0) is 4.79 Å². The topological polar surface area (TPSA) is 69.6 Å². The first kappa shape index (κ1) is 14.4. The van der Waals surface area contributed by atoms with Crippen LogP contribution in [0.1, 0.15) is 33.1 Å². The lowest BCUT2D eigenvalue weighted by molar-refractivity contribution is -0.140. The molecular weight excluding hydrogens is 194 g/mol. The molecule has 0 aliphatic heterocycles. The van der Waals surface area contributed by atoms with Crippen LogP contribution in [-0.4, -0.2) is 35.9 Å². The van der Waals surface area contributed by atoms with Crippen molar-refractivity contribution in [3.63, 3.8) is 0 Å². The van der Waals surface area contributed by atoms with Crippen molar-refractivity contribution in [2.24, 2.45) is 11.8 Å². The molecule has 0 aliphatic rings. The average Bonchev–Trinajstić information content (AvgIpc) is 2.18. The second-order valence-electron chi connectivity index (χ2n) is 4.06. The van der Waals surface area contributed by atoms with Gasteiger partial charge in [-0.2, -0.15) is 0 Å². The van der Waals surface area contributed by atoms with E-state index in [-0.39, 0.29) is 12.5 Å². The van der Waals surface area contributed by atoms with Crippen LogP contribution in [0.25, 0.3) is 0 Å². The summed E-state index contributed by atoms with van der Waals surface area (Å²) in [6.07, 6.45) is 2.97. The Kier molecular flexibility index (Phi) is 8.33. The Hall–Kier alpha value is -0.610. The maximum Gasteiger partial charge on any atom is 0.307 e. The molecule has 0 rings (SSSR count). The number of nitrogens with one attached hydrogen (secondary N) is 1. The van der Waals surface area contributed by atoms with E-state index in [0.717, 1.165) is 25.8 Å². The molecule has 0 aromatic heterocycles. The number of aliphatic carboxylic acids is 1. The molecule has 3 N–H and O–H groups in total. The summed E-state index contributed by atoms with van der Waals surface area (Å²) in [7, 11) is 0. The summed E-state index contributed by atoms with van der Waals surface area (Å²) in [6, 6.07) is 0. The van der Waals surface area contributed by atoms with Gasteiger partial charge in [-0.3, -0.25) is 4.79 Å². The highest BCUT2D eigenvalue weighted by Crippen LogP contribution is 2.09. The van der Waals surface area contributed by atoms with Crippen LogP contribution < -0.4 is 5.32 Å². The van der Waals surface area contributed by atoms with Crippen molar-refractivity contribution in [3.05, 3.63) is 0 Å². The van der Waals surface area contributed by atoms with Crippen molar-refractivity contribution in [3.8, 4) is 0 Å². The van der Waals surface area contributed by atoms with Gasteiger partial charge in [0.2, 0.25) is 0 Å². The molecular formula is C11H23NO3. The minimum atomic E-state index is -0.767. The maximum absolute atomic E-state index is 10.5. The molecule has 0 aromatic rings. The van der Waals surface area contributed by atoms with Crippen molar-refractivity contribution in [1.82, 2.24) is 5.32 Å². The monoisotopic (exact) mass is 217 g/mol. The van der Waals surface area contributed by atoms with E-state index in [4.69, 9.17) is 10.2 Å². The van der Waals surface area contributed by atoms with Gasteiger partial charge in [0.1, 0.15) is 0 Å². The smallest absolute Gasteiger partial charge is 0.307 e. The Balaban J connectivity index is 3.64. The molecule has 2 atom stereocenters. The number of rotatable bonds is 9. The lowest BCUT2D eigenvalue weighted by atomic mass is 10.00. The van der Waals surface area contributed by atoms with Gasteiger partial charge in [-0.25, -0.2) is 0 Å². The van der Waals surface area contributed by atoms with Gasteiger partial charge in [-0.1, -0.05) is 20.3 Å².